The minimum Gasteiger partial charge on any atom is -0.371 e. The Labute approximate surface area is 117 Å². The fourth-order valence-corrected chi connectivity index (χ4v) is 3.68. The van der Waals surface area contributed by atoms with E-state index < -0.39 is 15.9 Å². The van der Waals surface area contributed by atoms with E-state index in [1.165, 1.54) is 17.8 Å². The van der Waals surface area contributed by atoms with Crippen LogP contribution in [0, 0.1) is 5.92 Å². The Morgan fingerprint density at radius 2 is 2.26 bits per heavy atom. The van der Waals surface area contributed by atoms with Crippen LogP contribution in [0.3, 0.4) is 0 Å². The molecule has 0 radical (unpaired) electrons. The van der Waals surface area contributed by atoms with Crippen LogP contribution < -0.4 is 4.72 Å². The molecular weight excluding hydrogens is 286 g/mol. The molecule has 106 valence electrons. The molecule has 1 aromatic rings. The largest absolute Gasteiger partial charge is 0.371 e. The molecule has 1 aliphatic rings. The van der Waals surface area contributed by atoms with Gasteiger partial charge in [0.25, 0.3) is 5.91 Å². The van der Waals surface area contributed by atoms with Gasteiger partial charge in [0.1, 0.15) is 6.61 Å². The monoisotopic (exact) mass is 303 g/mol. The second-order valence-corrected chi connectivity index (χ2v) is 7.23. The highest BCUT2D eigenvalue weighted by Crippen LogP contribution is 2.26. The predicted molar refractivity (Wildman–Crippen MR) is 73.2 cm³/mol. The van der Waals surface area contributed by atoms with Gasteiger partial charge in [-0.3, -0.25) is 9.52 Å². The maximum Gasteiger partial charge on any atom is 0.259 e. The van der Waals surface area contributed by atoms with Crippen molar-refractivity contribution in [2.75, 3.05) is 13.2 Å². The zero-order valence-corrected chi connectivity index (χ0v) is 12.1. The van der Waals surface area contributed by atoms with Gasteiger partial charge in [0.15, 0.2) is 0 Å². The average Bonchev–Trinajstić information content (AvgIpc) is 2.72. The topological polar surface area (TPSA) is 72.5 Å². The maximum atomic E-state index is 11.7. The number of carbonyl (C=O) groups is 1. The number of rotatable bonds is 7. The molecule has 0 bridgehead atoms. The highest BCUT2D eigenvalue weighted by Gasteiger charge is 2.19. The number of hydrogen-bond donors (Lipinski definition) is 1. The van der Waals surface area contributed by atoms with Crippen LogP contribution in [-0.2, 0) is 25.3 Å². The van der Waals surface area contributed by atoms with E-state index >= 15 is 0 Å². The van der Waals surface area contributed by atoms with E-state index in [-0.39, 0.29) is 12.4 Å². The number of sulfonamides is 1. The third kappa shape index (κ3) is 4.93. The molecule has 5 nitrogen and oxygen atoms in total. The van der Waals surface area contributed by atoms with Gasteiger partial charge in [-0.1, -0.05) is 6.42 Å². The Balaban J connectivity index is 1.70. The summed E-state index contributed by atoms with van der Waals surface area (Å²) >= 11 is 1.42. The molecule has 2 rings (SSSR count). The molecular formula is C12H17NO4S2. The fraction of sp³-hybridized carbons (Fsp3) is 0.583. The zero-order valence-electron chi connectivity index (χ0n) is 10.5. The molecule has 7 heteroatoms. The first kappa shape index (κ1) is 14.5. The van der Waals surface area contributed by atoms with Crippen molar-refractivity contribution in [3.63, 3.8) is 0 Å². The summed E-state index contributed by atoms with van der Waals surface area (Å²) in [5.41, 5.74) is 0.681. The van der Waals surface area contributed by atoms with Crippen LogP contribution >= 0.6 is 11.3 Å². The van der Waals surface area contributed by atoms with Gasteiger partial charge in [0, 0.05) is 0 Å². The molecule has 1 heterocycles. The molecule has 1 aromatic heterocycles. The number of hydrogen-bond acceptors (Lipinski definition) is 5. The summed E-state index contributed by atoms with van der Waals surface area (Å²) in [6, 6.07) is 1.72. The van der Waals surface area contributed by atoms with Crippen LogP contribution in [0.15, 0.2) is 16.8 Å². The number of amides is 1. The van der Waals surface area contributed by atoms with Crippen molar-refractivity contribution in [2.24, 2.45) is 5.92 Å². The number of ether oxygens (including phenoxy) is 1. The summed E-state index contributed by atoms with van der Waals surface area (Å²) in [6.45, 7) is 0.345. The van der Waals surface area contributed by atoms with E-state index in [2.05, 4.69) is 0 Å². The van der Waals surface area contributed by atoms with Crippen molar-refractivity contribution >= 4 is 27.3 Å². The first-order chi connectivity index (χ1) is 9.05. The molecule has 0 aliphatic heterocycles. The van der Waals surface area contributed by atoms with Gasteiger partial charge in [-0.15, -0.1) is 0 Å². The summed E-state index contributed by atoms with van der Waals surface area (Å²) in [4.78, 5) is 11.5. The van der Waals surface area contributed by atoms with Gasteiger partial charge in [0.2, 0.25) is 10.0 Å². The highest BCUT2D eigenvalue weighted by atomic mass is 32.2. The van der Waals surface area contributed by atoms with Crippen LogP contribution in [-0.4, -0.2) is 27.5 Å². The van der Waals surface area contributed by atoms with Crippen molar-refractivity contribution < 1.29 is 17.9 Å². The molecule has 1 fully saturated rings. The Kier molecular flexibility index (Phi) is 4.95. The second kappa shape index (κ2) is 6.49. The number of carbonyl (C=O) groups excluding carboxylic acids is 1. The molecule has 0 aromatic carbocycles. The standard InChI is InChI=1S/C12H17NO4S2/c14-12(7-17-6-10-2-1-3-10)13-19(15,16)9-11-4-5-18-8-11/h4-5,8,10H,1-3,6-7,9H2,(H,13,14). The highest BCUT2D eigenvalue weighted by molar-refractivity contribution is 7.89. The molecule has 0 unspecified atom stereocenters. The van der Waals surface area contributed by atoms with Crippen LogP contribution in [0.25, 0.3) is 0 Å². The average molecular weight is 303 g/mol. The molecule has 1 amide bonds. The van der Waals surface area contributed by atoms with Crippen LogP contribution in [0.2, 0.25) is 0 Å². The van der Waals surface area contributed by atoms with Crippen LogP contribution in [0.1, 0.15) is 24.8 Å². The molecule has 19 heavy (non-hydrogen) atoms. The van der Waals surface area contributed by atoms with Crippen molar-refractivity contribution in [1.29, 1.82) is 0 Å². The number of nitrogens with one attached hydrogen (secondary N) is 1. The molecule has 1 aliphatic carbocycles. The van der Waals surface area contributed by atoms with Crippen LogP contribution in [0.5, 0.6) is 0 Å². The van der Waals surface area contributed by atoms with Gasteiger partial charge in [0.05, 0.1) is 12.4 Å². The molecule has 0 saturated heterocycles. The Morgan fingerprint density at radius 1 is 1.47 bits per heavy atom. The van der Waals surface area contributed by atoms with Crippen molar-refractivity contribution in [3.05, 3.63) is 22.4 Å². The van der Waals surface area contributed by atoms with Crippen molar-refractivity contribution in [3.8, 4) is 0 Å². The summed E-state index contributed by atoms with van der Waals surface area (Å²) < 4.78 is 30.6. The summed E-state index contributed by atoms with van der Waals surface area (Å²) in [5, 5.41) is 3.55. The zero-order chi connectivity index (χ0) is 13.7. The quantitative estimate of drug-likeness (QED) is 0.829. The lowest BCUT2D eigenvalue weighted by atomic mass is 9.86. The smallest absolute Gasteiger partial charge is 0.259 e. The van der Waals surface area contributed by atoms with E-state index in [9.17, 15) is 13.2 Å². The first-order valence-corrected chi connectivity index (χ1v) is 8.77. The summed E-state index contributed by atoms with van der Waals surface area (Å²) in [7, 11) is -3.62. The predicted octanol–water partition coefficient (Wildman–Crippen LogP) is 1.51. The number of thiophene rings is 1. The van der Waals surface area contributed by atoms with Crippen molar-refractivity contribution in [1.82, 2.24) is 4.72 Å². The van der Waals surface area contributed by atoms with E-state index in [0.717, 1.165) is 12.8 Å². The van der Waals surface area contributed by atoms with Gasteiger partial charge in [-0.25, -0.2) is 8.42 Å². The summed E-state index contributed by atoms with van der Waals surface area (Å²) in [5.74, 6) is -0.241. The van der Waals surface area contributed by atoms with E-state index in [0.29, 0.717) is 18.1 Å². The van der Waals surface area contributed by atoms with E-state index in [1.54, 1.807) is 16.8 Å². The third-order valence-corrected chi connectivity index (χ3v) is 5.00. The van der Waals surface area contributed by atoms with Gasteiger partial charge in [-0.05, 0) is 41.1 Å². The Bertz CT molecular complexity index is 506. The Hall–Kier alpha value is -0.920. The molecule has 1 N–H and O–H groups in total. The van der Waals surface area contributed by atoms with Gasteiger partial charge in [-0.2, -0.15) is 11.3 Å². The minimum atomic E-state index is -3.62. The van der Waals surface area contributed by atoms with Gasteiger partial charge >= 0.3 is 0 Å². The molecule has 0 atom stereocenters. The lowest BCUT2D eigenvalue weighted by Gasteiger charge is -2.24. The Morgan fingerprint density at radius 3 is 2.84 bits per heavy atom. The minimum absolute atomic E-state index is 0.176. The van der Waals surface area contributed by atoms with E-state index in [1.807, 2.05) is 4.72 Å². The first-order valence-electron chi connectivity index (χ1n) is 6.17. The fourth-order valence-electron chi connectivity index (χ4n) is 1.81. The van der Waals surface area contributed by atoms with E-state index in [4.69, 9.17) is 4.74 Å². The van der Waals surface area contributed by atoms with Crippen LogP contribution in [0.4, 0.5) is 0 Å². The summed E-state index contributed by atoms with van der Waals surface area (Å²) in [6.07, 6.45) is 3.49. The maximum absolute atomic E-state index is 11.7. The van der Waals surface area contributed by atoms with Gasteiger partial charge < -0.3 is 4.74 Å². The lowest BCUT2D eigenvalue weighted by Crippen LogP contribution is -2.35. The normalized spacial score (nSPS) is 16.0. The van der Waals surface area contributed by atoms with Crippen molar-refractivity contribution in [2.45, 2.75) is 25.0 Å². The second-order valence-electron chi connectivity index (χ2n) is 4.73. The lowest BCUT2D eigenvalue weighted by molar-refractivity contribution is -0.124. The third-order valence-electron chi connectivity index (χ3n) is 3.02. The molecule has 1 saturated carbocycles. The molecule has 0 spiro atoms. The SMILES string of the molecule is O=C(COCC1CCC1)NS(=O)(=O)Cc1ccsc1.